The van der Waals surface area contributed by atoms with Crippen molar-refractivity contribution >= 4 is 40.5 Å². The molecule has 2 aromatic rings. The molecule has 1 aliphatic rings. The van der Waals surface area contributed by atoms with Gasteiger partial charge in [0, 0.05) is 6.54 Å². The molecule has 0 atom stereocenters. The third-order valence-electron chi connectivity index (χ3n) is 3.69. The van der Waals surface area contributed by atoms with E-state index in [0.29, 0.717) is 28.1 Å². The Morgan fingerprint density at radius 1 is 1.29 bits per heavy atom. The van der Waals surface area contributed by atoms with E-state index in [4.69, 9.17) is 28.6 Å². The topological polar surface area (TPSA) is 32.8 Å². The highest BCUT2D eigenvalue weighted by Gasteiger charge is 2.34. The van der Waals surface area contributed by atoms with E-state index < -0.39 is 0 Å². The fourth-order valence-electron chi connectivity index (χ4n) is 2.58. The van der Waals surface area contributed by atoms with Crippen molar-refractivity contribution in [3.8, 4) is 5.75 Å². The number of rotatable bonds is 4. The van der Waals surface area contributed by atoms with Crippen molar-refractivity contribution in [2.75, 3.05) is 18.6 Å². The average molecular weight is 365 g/mol. The minimum Gasteiger partial charge on any atom is -0.495 e. The first-order valence-electron chi connectivity index (χ1n) is 7.19. The third-order valence-corrected chi connectivity index (χ3v) is 4.43. The van der Waals surface area contributed by atoms with Gasteiger partial charge in [-0.3, -0.25) is 9.69 Å². The lowest BCUT2D eigenvalue weighted by atomic mass is 10.2. The van der Waals surface area contributed by atoms with Crippen LogP contribution >= 0.6 is 23.8 Å². The van der Waals surface area contributed by atoms with Crippen LogP contribution in [0.2, 0.25) is 5.02 Å². The van der Waals surface area contributed by atoms with Crippen LogP contribution in [-0.2, 0) is 11.3 Å². The van der Waals surface area contributed by atoms with E-state index >= 15 is 0 Å². The number of thiocarbonyl (C=S) groups is 1. The fourth-order valence-corrected chi connectivity index (χ4v) is 3.17. The molecule has 0 bridgehead atoms. The van der Waals surface area contributed by atoms with Crippen molar-refractivity contribution in [3.63, 3.8) is 0 Å². The van der Waals surface area contributed by atoms with Crippen LogP contribution in [-0.4, -0.2) is 29.6 Å². The summed E-state index contributed by atoms with van der Waals surface area (Å²) < 4.78 is 18.4. The van der Waals surface area contributed by atoms with Gasteiger partial charge in [0.15, 0.2) is 5.11 Å². The quantitative estimate of drug-likeness (QED) is 0.776. The molecule has 0 aromatic heterocycles. The van der Waals surface area contributed by atoms with Crippen LogP contribution in [0.4, 0.5) is 10.1 Å². The molecule has 3 rings (SSSR count). The predicted octanol–water partition coefficient (Wildman–Crippen LogP) is 3.62. The number of anilines is 1. The number of ether oxygens (including phenoxy) is 1. The number of amides is 1. The van der Waals surface area contributed by atoms with E-state index in [2.05, 4.69) is 0 Å². The van der Waals surface area contributed by atoms with Crippen molar-refractivity contribution < 1.29 is 13.9 Å². The maximum atomic E-state index is 13.3. The largest absolute Gasteiger partial charge is 0.495 e. The number of carbonyl (C=O) groups excluding carboxylic acids is 1. The summed E-state index contributed by atoms with van der Waals surface area (Å²) in [7, 11) is 1.52. The van der Waals surface area contributed by atoms with Gasteiger partial charge in [-0.2, -0.15) is 0 Å². The Kier molecular flexibility index (Phi) is 4.69. The molecule has 7 heteroatoms. The van der Waals surface area contributed by atoms with Gasteiger partial charge in [-0.25, -0.2) is 4.39 Å². The van der Waals surface area contributed by atoms with Gasteiger partial charge in [-0.15, -0.1) is 0 Å². The fraction of sp³-hybridized carbons (Fsp3) is 0.176. The molecule has 0 aliphatic carbocycles. The van der Waals surface area contributed by atoms with Crippen LogP contribution in [0.5, 0.6) is 5.75 Å². The number of halogens is 2. The zero-order chi connectivity index (χ0) is 17.3. The minimum atomic E-state index is -0.317. The number of methoxy groups -OCH3 is 1. The third kappa shape index (κ3) is 3.20. The van der Waals surface area contributed by atoms with Gasteiger partial charge in [-0.05, 0) is 48.1 Å². The summed E-state index contributed by atoms with van der Waals surface area (Å²) in [5.41, 5.74) is 1.33. The van der Waals surface area contributed by atoms with Gasteiger partial charge in [0.25, 0.3) is 5.91 Å². The lowest BCUT2D eigenvalue weighted by Crippen LogP contribution is -2.32. The van der Waals surface area contributed by atoms with Crippen LogP contribution in [0.1, 0.15) is 5.56 Å². The van der Waals surface area contributed by atoms with Gasteiger partial charge >= 0.3 is 0 Å². The molecule has 1 heterocycles. The molecule has 4 nitrogen and oxygen atoms in total. The number of nitrogens with zero attached hydrogens (tertiary/aromatic N) is 2. The lowest BCUT2D eigenvalue weighted by Gasteiger charge is -2.21. The summed E-state index contributed by atoms with van der Waals surface area (Å²) in [6, 6.07) is 11.3. The van der Waals surface area contributed by atoms with E-state index in [1.54, 1.807) is 35.2 Å². The van der Waals surface area contributed by atoms with Gasteiger partial charge < -0.3 is 9.64 Å². The Hall–Kier alpha value is -2.18. The summed E-state index contributed by atoms with van der Waals surface area (Å²) >= 11 is 11.5. The summed E-state index contributed by atoms with van der Waals surface area (Å²) in [6.45, 7) is 0.502. The second kappa shape index (κ2) is 6.75. The SMILES string of the molecule is COc1ccc(N2C(=O)CN(Cc3cccc(F)c3)C2=S)cc1Cl. The van der Waals surface area contributed by atoms with Crippen molar-refractivity contribution in [1.82, 2.24) is 4.90 Å². The van der Waals surface area contributed by atoms with Crippen LogP contribution in [0, 0.1) is 5.82 Å². The molecule has 124 valence electrons. The molecule has 1 amide bonds. The summed E-state index contributed by atoms with van der Waals surface area (Å²) in [6.07, 6.45) is 0. The van der Waals surface area contributed by atoms with E-state index in [-0.39, 0.29) is 18.3 Å². The molecule has 1 saturated heterocycles. The van der Waals surface area contributed by atoms with Crippen molar-refractivity contribution in [2.24, 2.45) is 0 Å². The Bertz CT molecular complexity index is 815. The van der Waals surface area contributed by atoms with E-state index in [1.165, 1.54) is 24.1 Å². The highest BCUT2D eigenvalue weighted by Crippen LogP contribution is 2.31. The summed E-state index contributed by atoms with van der Waals surface area (Å²) in [5.74, 6) is 0.0509. The molecule has 1 fully saturated rings. The molecule has 0 unspecified atom stereocenters. The van der Waals surface area contributed by atoms with Crippen molar-refractivity contribution in [3.05, 3.63) is 58.9 Å². The first-order valence-corrected chi connectivity index (χ1v) is 7.98. The highest BCUT2D eigenvalue weighted by atomic mass is 35.5. The number of benzene rings is 2. The molecule has 0 radical (unpaired) electrons. The molecule has 1 aliphatic heterocycles. The van der Waals surface area contributed by atoms with Crippen molar-refractivity contribution in [2.45, 2.75) is 6.54 Å². The first kappa shape index (κ1) is 16.7. The van der Waals surface area contributed by atoms with E-state index in [1.807, 2.05) is 0 Å². The Labute approximate surface area is 149 Å². The van der Waals surface area contributed by atoms with Crippen LogP contribution in [0.25, 0.3) is 0 Å². The Balaban J connectivity index is 1.82. The molecule has 0 saturated carbocycles. The number of hydrogen-bond acceptors (Lipinski definition) is 3. The number of hydrogen-bond donors (Lipinski definition) is 0. The van der Waals surface area contributed by atoms with Crippen molar-refractivity contribution in [1.29, 1.82) is 0 Å². The lowest BCUT2D eigenvalue weighted by molar-refractivity contribution is -0.116. The monoisotopic (exact) mass is 364 g/mol. The van der Waals surface area contributed by atoms with Crippen LogP contribution in [0.3, 0.4) is 0 Å². The molecular weight excluding hydrogens is 351 g/mol. The van der Waals surface area contributed by atoms with Crippen LogP contribution in [0.15, 0.2) is 42.5 Å². The summed E-state index contributed by atoms with van der Waals surface area (Å²) in [4.78, 5) is 15.5. The molecule has 24 heavy (non-hydrogen) atoms. The molecule has 0 N–H and O–H groups in total. The van der Waals surface area contributed by atoms with Crippen LogP contribution < -0.4 is 9.64 Å². The Morgan fingerprint density at radius 2 is 2.08 bits per heavy atom. The molecule has 2 aromatic carbocycles. The smallest absolute Gasteiger partial charge is 0.252 e. The minimum absolute atomic E-state index is 0.138. The molecule has 0 spiro atoms. The highest BCUT2D eigenvalue weighted by molar-refractivity contribution is 7.80. The average Bonchev–Trinajstić information content (AvgIpc) is 2.81. The first-order chi connectivity index (χ1) is 11.5. The van der Waals surface area contributed by atoms with E-state index in [9.17, 15) is 9.18 Å². The molecular formula is C17H14ClFN2O2S. The zero-order valence-corrected chi connectivity index (χ0v) is 14.4. The predicted molar refractivity (Wildman–Crippen MR) is 94.9 cm³/mol. The van der Waals surface area contributed by atoms with Gasteiger partial charge in [0.2, 0.25) is 0 Å². The number of carbonyl (C=O) groups is 1. The van der Waals surface area contributed by atoms with Gasteiger partial charge in [-0.1, -0.05) is 23.7 Å². The van der Waals surface area contributed by atoms with Gasteiger partial charge in [0.05, 0.1) is 17.8 Å². The van der Waals surface area contributed by atoms with Gasteiger partial charge in [0.1, 0.15) is 18.1 Å². The van der Waals surface area contributed by atoms with E-state index in [0.717, 1.165) is 5.56 Å². The maximum absolute atomic E-state index is 13.3. The second-order valence-corrected chi connectivity index (χ2v) is 6.09. The normalized spacial score (nSPS) is 14.5. The second-order valence-electron chi connectivity index (χ2n) is 5.32. The standard InChI is InChI=1S/C17H14ClFN2O2S/c1-23-15-6-5-13(8-14(15)18)21-16(22)10-20(17(21)24)9-11-3-2-4-12(19)7-11/h2-8H,9-10H2,1H3. The summed E-state index contributed by atoms with van der Waals surface area (Å²) in [5, 5.41) is 0.764. The maximum Gasteiger partial charge on any atom is 0.252 e. The Morgan fingerprint density at radius 3 is 2.75 bits per heavy atom. The zero-order valence-electron chi connectivity index (χ0n) is 12.8.